The lowest BCUT2D eigenvalue weighted by Gasteiger charge is -2.11. The van der Waals surface area contributed by atoms with Gasteiger partial charge in [-0.05, 0) is 12.5 Å². The van der Waals surface area contributed by atoms with Crippen LogP contribution < -0.4 is 4.74 Å². The molecule has 1 aromatic rings. The summed E-state index contributed by atoms with van der Waals surface area (Å²) < 4.78 is 18.6. The van der Waals surface area contributed by atoms with Gasteiger partial charge in [0.2, 0.25) is 0 Å². The number of halogens is 1. The second-order valence-electron chi connectivity index (χ2n) is 3.48. The Labute approximate surface area is 104 Å². The van der Waals surface area contributed by atoms with E-state index in [1.807, 2.05) is 0 Å². The van der Waals surface area contributed by atoms with Crippen molar-refractivity contribution in [1.29, 1.82) is 0 Å². The molecule has 0 spiro atoms. The Hall–Kier alpha value is -1.23. The summed E-state index contributed by atoms with van der Waals surface area (Å²) >= 11 is 1.22. The van der Waals surface area contributed by atoms with Gasteiger partial charge >= 0.3 is 5.97 Å². The van der Waals surface area contributed by atoms with Gasteiger partial charge in [-0.25, -0.2) is 4.39 Å². The molecule has 1 aromatic carbocycles. The molecule has 0 radical (unpaired) electrons. The van der Waals surface area contributed by atoms with E-state index in [-0.39, 0.29) is 5.75 Å². The maximum Gasteiger partial charge on any atom is 0.316 e. The molecule has 0 bridgehead atoms. The molecule has 0 heterocycles. The highest BCUT2D eigenvalue weighted by atomic mass is 32.2. The Balaban J connectivity index is 2.72. The number of aliphatic carboxylic acids is 1. The van der Waals surface area contributed by atoms with Gasteiger partial charge in [0.1, 0.15) is 5.25 Å². The summed E-state index contributed by atoms with van der Waals surface area (Å²) in [6.45, 7) is 1.80. The van der Waals surface area contributed by atoms with Gasteiger partial charge in [0.15, 0.2) is 11.6 Å². The molecule has 0 fully saturated rings. The van der Waals surface area contributed by atoms with Crippen molar-refractivity contribution in [2.75, 3.05) is 7.11 Å². The van der Waals surface area contributed by atoms with Crippen LogP contribution in [-0.4, -0.2) is 23.4 Å². The molecule has 5 heteroatoms. The predicted molar refractivity (Wildman–Crippen MR) is 66.0 cm³/mol. The van der Waals surface area contributed by atoms with Gasteiger partial charge in [0, 0.05) is 11.3 Å². The number of methoxy groups -OCH3 is 1. The van der Waals surface area contributed by atoms with Crippen molar-refractivity contribution in [3.8, 4) is 5.75 Å². The zero-order valence-corrected chi connectivity index (χ0v) is 10.6. The number of carbonyl (C=O) groups is 1. The summed E-state index contributed by atoms with van der Waals surface area (Å²) in [6.07, 6.45) is 0.519. The van der Waals surface area contributed by atoms with Crippen LogP contribution in [-0.2, 0) is 10.5 Å². The molecule has 0 amide bonds. The summed E-state index contributed by atoms with van der Waals surface area (Å²) in [5.41, 5.74) is 0.467. The summed E-state index contributed by atoms with van der Waals surface area (Å²) in [5.74, 6) is -0.761. The summed E-state index contributed by atoms with van der Waals surface area (Å²) in [5, 5.41) is 8.38. The van der Waals surface area contributed by atoms with Crippen LogP contribution in [0.4, 0.5) is 4.39 Å². The maximum atomic E-state index is 13.7. The van der Waals surface area contributed by atoms with Crippen molar-refractivity contribution >= 4 is 17.7 Å². The SMILES string of the molecule is CCC(SCc1cccc(OC)c1F)C(=O)O. The smallest absolute Gasteiger partial charge is 0.316 e. The Morgan fingerprint density at radius 3 is 2.82 bits per heavy atom. The average molecular weight is 258 g/mol. The second-order valence-corrected chi connectivity index (χ2v) is 4.67. The maximum absolute atomic E-state index is 13.7. The molecule has 0 saturated carbocycles. The minimum Gasteiger partial charge on any atom is -0.494 e. The minimum absolute atomic E-state index is 0.187. The fraction of sp³-hybridized carbons (Fsp3) is 0.417. The van der Waals surface area contributed by atoms with E-state index in [0.717, 1.165) is 0 Å². The molecule has 0 aliphatic carbocycles. The zero-order valence-electron chi connectivity index (χ0n) is 9.77. The third-order valence-corrected chi connectivity index (χ3v) is 3.76. The van der Waals surface area contributed by atoms with Crippen molar-refractivity contribution in [3.63, 3.8) is 0 Å². The molecule has 0 aromatic heterocycles. The van der Waals surface area contributed by atoms with Crippen LogP contribution in [0.1, 0.15) is 18.9 Å². The largest absolute Gasteiger partial charge is 0.494 e. The van der Waals surface area contributed by atoms with Crippen molar-refractivity contribution < 1.29 is 19.0 Å². The monoisotopic (exact) mass is 258 g/mol. The van der Waals surface area contributed by atoms with E-state index in [1.165, 1.54) is 24.9 Å². The first-order valence-electron chi connectivity index (χ1n) is 5.26. The summed E-state index contributed by atoms with van der Waals surface area (Å²) in [4.78, 5) is 10.8. The highest BCUT2D eigenvalue weighted by Crippen LogP contribution is 2.26. The fourth-order valence-electron chi connectivity index (χ4n) is 1.38. The highest BCUT2D eigenvalue weighted by molar-refractivity contribution is 7.99. The van der Waals surface area contributed by atoms with Crippen molar-refractivity contribution in [1.82, 2.24) is 0 Å². The van der Waals surface area contributed by atoms with E-state index in [1.54, 1.807) is 19.1 Å². The number of benzene rings is 1. The van der Waals surface area contributed by atoms with Gasteiger partial charge in [-0.2, -0.15) is 0 Å². The fourth-order valence-corrected chi connectivity index (χ4v) is 2.36. The van der Waals surface area contributed by atoms with Gasteiger partial charge < -0.3 is 9.84 Å². The van der Waals surface area contributed by atoms with Crippen molar-refractivity contribution in [3.05, 3.63) is 29.6 Å². The van der Waals surface area contributed by atoms with Crippen LogP contribution >= 0.6 is 11.8 Å². The lowest BCUT2D eigenvalue weighted by Crippen LogP contribution is -2.15. The van der Waals surface area contributed by atoms with E-state index in [0.29, 0.717) is 17.7 Å². The van der Waals surface area contributed by atoms with Crippen molar-refractivity contribution in [2.45, 2.75) is 24.3 Å². The van der Waals surface area contributed by atoms with Gasteiger partial charge in [0.05, 0.1) is 7.11 Å². The Morgan fingerprint density at radius 2 is 2.29 bits per heavy atom. The van der Waals surface area contributed by atoms with Crippen LogP contribution in [0.2, 0.25) is 0 Å². The normalized spacial score (nSPS) is 12.2. The predicted octanol–water partition coefficient (Wildman–Crippen LogP) is 2.93. The third kappa shape index (κ3) is 3.63. The molecule has 3 nitrogen and oxygen atoms in total. The summed E-state index contributed by atoms with van der Waals surface area (Å²) in [6, 6.07) is 4.87. The number of hydrogen-bond acceptors (Lipinski definition) is 3. The molecule has 17 heavy (non-hydrogen) atoms. The van der Waals surface area contributed by atoms with Crippen LogP contribution in [0.5, 0.6) is 5.75 Å². The van der Waals surface area contributed by atoms with E-state index >= 15 is 0 Å². The highest BCUT2D eigenvalue weighted by Gasteiger charge is 2.17. The van der Waals surface area contributed by atoms with Gasteiger partial charge in [-0.1, -0.05) is 19.1 Å². The lowest BCUT2D eigenvalue weighted by atomic mass is 10.2. The quantitative estimate of drug-likeness (QED) is 0.852. The average Bonchev–Trinajstić information content (AvgIpc) is 2.31. The third-order valence-electron chi connectivity index (χ3n) is 2.35. The van der Waals surface area contributed by atoms with Crippen LogP contribution in [0.3, 0.4) is 0 Å². The first-order chi connectivity index (χ1) is 8.10. The molecule has 1 unspecified atom stereocenters. The first kappa shape index (κ1) is 13.8. The number of rotatable bonds is 6. The molecule has 1 N–H and O–H groups in total. The van der Waals surface area contributed by atoms with Crippen molar-refractivity contribution in [2.24, 2.45) is 0 Å². The molecular formula is C12H15FO3S. The molecule has 0 aliphatic heterocycles. The Bertz CT molecular complexity index is 395. The van der Waals surface area contributed by atoms with E-state index in [9.17, 15) is 9.18 Å². The second kappa shape index (κ2) is 6.49. The Morgan fingerprint density at radius 1 is 1.59 bits per heavy atom. The molecule has 0 aliphatic rings. The van der Waals surface area contributed by atoms with Crippen LogP contribution in [0, 0.1) is 5.82 Å². The van der Waals surface area contributed by atoms with Crippen LogP contribution in [0.25, 0.3) is 0 Å². The van der Waals surface area contributed by atoms with Crippen LogP contribution in [0.15, 0.2) is 18.2 Å². The lowest BCUT2D eigenvalue weighted by molar-refractivity contribution is -0.136. The molecule has 94 valence electrons. The standard InChI is InChI=1S/C12H15FO3S/c1-3-10(12(14)15)17-7-8-5-4-6-9(16-2)11(8)13/h4-6,10H,3,7H2,1-2H3,(H,14,15). The molecule has 1 rings (SSSR count). The number of thioether (sulfide) groups is 1. The topological polar surface area (TPSA) is 46.5 Å². The molecule has 1 atom stereocenters. The number of hydrogen-bond donors (Lipinski definition) is 1. The number of carboxylic acids is 1. The molecule has 0 saturated heterocycles. The Kier molecular flexibility index (Phi) is 5.28. The zero-order chi connectivity index (χ0) is 12.8. The number of carboxylic acid groups (broad SMARTS) is 1. The summed E-state index contributed by atoms with van der Waals surface area (Å²) in [7, 11) is 1.40. The van der Waals surface area contributed by atoms with E-state index in [4.69, 9.17) is 9.84 Å². The van der Waals surface area contributed by atoms with Gasteiger partial charge in [-0.3, -0.25) is 4.79 Å². The molecular weight excluding hydrogens is 243 g/mol. The van der Waals surface area contributed by atoms with Gasteiger partial charge in [0.25, 0.3) is 0 Å². The van der Waals surface area contributed by atoms with E-state index < -0.39 is 17.0 Å². The number of ether oxygens (including phenoxy) is 1. The van der Waals surface area contributed by atoms with E-state index in [2.05, 4.69) is 0 Å². The first-order valence-corrected chi connectivity index (χ1v) is 6.30. The minimum atomic E-state index is -0.860. The van der Waals surface area contributed by atoms with Gasteiger partial charge in [-0.15, -0.1) is 11.8 Å².